The first-order chi connectivity index (χ1) is 12.7. The lowest BCUT2D eigenvalue weighted by Gasteiger charge is -2.31. The summed E-state index contributed by atoms with van der Waals surface area (Å²) in [5, 5.41) is 1.35. The number of benzene rings is 1. The van der Waals surface area contributed by atoms with Gasteiger partial charge in [0.1, 0.15) is 0 Å². The normalized spacial score (nSPS) is 21.4. The van der Waals surface area contributed by atoms with E-state index in [9.17, 15) is 9.59 Å². The van der Waals surface area contributed by atoms with E-state index in [0.717, 1.165) is 6.42 Å². The van der Waals surface area contributed by atoms with Gasteiger partial charge in [0.25, 0.3) is 0 Å². The van der Waals surface area contributed by atoms with E-state index in [-0.39, 0.29) is 5.92 Å². The standard InChI is InChI=1S/C22H28O4Si/c1-25-20(23)22(21(24)26-2)13-17-11-16(15-9-7-6-8-10-15)12-19(18(17)14-22)27(3,4)5/h6-10,12,16H,11,13-14H2,1-5H3. The minimum absolute atomic E-state index is 0.276. The number of rotatable bonds is 4. The van der Waals surface area contributed by atoms with Gasteiger partial charge in [0, 0.05) is 5.92 Å². The fourth-order valence-electron chi connectivity index (χ4n) is 4.45. The highest BCUT2D eigenvalue weighted by Crippen LogP contribution is 2.53. The molecule has 27 heavy (non-hydrogen) atoms. The molecule has 3 rings (SSSR count). The van der Waals surface area contributed by atoms with E-state index < -0.39 is 25.4 Å². The quantitative estimate of drug-likeness (QED) is 0.439. The van der Waals surface area contributed by atoms with Crippen LogP contribution in [0.25, 0.3) is 0 Å². The third-order valence-corrected chi connectivity index (χ3v) is 7.85. The lowest BCUT2D eigenvalue weighted by atomic mass is 9.82. The molecule has 1 aromatic rings. The Kier molecular flexibility index (Phi) is 5.17. The van der Waals surface area contributed by atoms with Gasteiger partial charge < -0.3 is 9.47 Å². The van der Waals surface area contributed by atoms with Crippen LogP contribution in [0.3, 0.4) is 0 Å². The number of allylic oxidation sites excluding steroid dienone is 4. The Morgan fingerprint density at radius 3 is 2.11 bits per heavy atom. The van der Waals surface area contributed by atoms with E-state index >= 15 is 0 Å². The zero-order valence-corrected chi connectivity index (χ0v) is 17.8. The summed E-state index contributed by atoms with van der Waals surface area (Å²) >= 11 is 0. The molecule has 0 spiro atoms. The molecule has 1 aromatic carbocycles. The summed E-state index contributed by atoms with van der Waals surface area (Å²) < 4.78 is 10.0. The molecule has 1 unspecified atom stereocenters. The van der Waals surface area contributed by atoms with Gasteiger partial charge in [0.15, 0.2) is 5.41 Å². The van der Waals surface area contributed by atoms with Crippen LogP contribution in [0.1, 0.15) is 30.7 Å². The second-order valence-corrected chi connectivity index (χ2v) is 13.6. The summed E-state index contributed by atoms with van der Waals surface area (Å²) in [4.78, 5) is 25.3. The summed E-state index contributed by atoms with van der Waals surface area (Å²) in [5.74, 6) is -0.706. The molecule has 0 heterocycles. The third kappa shape index (κ3) is 3.40. The molecule has 0 bridgehead atoms. The molecule has 2 aliphatic carbocycles. The maximum Gasteiger partial charge on any atom is 0.323 e. The Hall–Kier alpha value is -2.14. The molecule has 0 saturated heterocycles. The Morgan fingerprint density at radius 2 is 1.59 bits per heavy atom. The van der Waals surface area contributed by atoms with Gasteiger partial charge in [-0.05, 0) is 30.4 Å². The minimum atomic E-state index is -1.67. The average molecular weight is 385 g/mol. The van der Waals surface area contributed by atoms with Gasteiger partial charge in [-0.3, -0.25) is 9.59 Å². The number of ether oxygens (including phenoxy) is 2. The monoisotopic (exact) mass is 384 g/mol. The molecule has 4 nitrogen and oxygen atoms in total. The van der Waals surface area contributed by atoms with Crippen molar-refractivity contribution >= 4 is 20.0 Å². The van der Waals surface area contributed by atoms with E-state index in [1.54, 1.807) is 0 Å². The summed E-state index contributed by atoms with van der Waals surface area (Å²) in [7, 11) is 1.01. The Bertz CT molecular complexity index is 798. The van der Waals surface area contributed by atoms with Crippen LogP contribution >= 0.6 is 0 Å². The number of hydrogen-bond acceptors (Lipinski definition) is 4. The number of carbonyl (C=O) groups excluding carboxylic acids is 2. The molecule has 0 amide bonds. The number of hydrogen-bond donors (Lipinski definition) is 0. The summed E-state index contributed by atoms with van der Waals surface area (Å²) in [6.45, 7) is 6.94. The first-order valence-electron chi connectivity index (χ1n) is 9.38. The minimum Gasteiger partial charge on any atom is -0.468 e. The molecule has 2 aliphatic rings. The van der Waals surface area contributed by atoms with E-state index in [2.05, 4.69) is 50.0 Å². The third-order valence-electron chi connectivity index (χ3n) is 5.77. The first-order valence-corrected chi connectivity index (χ1v) is 12.9. The Labute approximate surface area is 162 Å². The molecule has 0 aliphatic heterocycles. The van der Waals surface area contributed by atoms with Crippen molar-refractivity contribution in [3.63, 3.8) is 0 Å². The topological polar surface area (TPSA) is 52.6 Å². The number of carbonyl (C=O) groups is 2. The highest BCUT2D eigenvalue weighted by atomic mass is 28.3. The van der Waals surface area contributed by atoms with Crippen molar-refractivity contribution in [2.45, 2.75) is 44.8 Å². The second kappa shape index (κ2) is 7.11. The fraction of sp³-hybridized carbons (Fsp3) is 0.455. The maximum absolute atomic E-state index is 12.6. The van der Waals surface area contributed by atoms with Crippen LogP contribution in [0.4, 0.5) is 0 Å². The molecule has 144 valence electrons. The molecular weight excluding hydrogens is 356 g/mol. The van der Waals surface area contributed by atoms with Crippen LogP contribution < -0.4 is 0 Å². The molecule has 0 aromatic heterocycles. The van der Waals surface area contributed by atoms with Gasteiger partial charge in [-0.1, -0.05) is 66.8 Å². The van der Waals surface area contributed by atoms with Crippen LogP contribution in [0.2, 0.25) is 19.6 Å². The molecule has 1 atom stereocenters. The first kappa shape index (κ1) is 19.6. The van der Waals surface area contributed by atoms with Gasteiger partial charge in [-0.2, -0.15) is 0 Å². The Morgan fingerprint density at radius 1 is 1.00 bits per heavy atom. The lowest BCUT2D eigenvalue weighted by Crippen LogP contribution is -2.40. The van der Waals surface area contributed by atoms with Gasteiger partial charge in [0.05, 0.1) is 22.3 Å². The van der Waals surface area contributed by atoms with Gasteiger partial charge >= 0.3 is 11.9 Å². The van der Waals surface area contributed by atoms with Crippen LogP contribution in [0.15, 0.2) is 52.8 Å². The summed E-state index contributed by atoms with van der Waals surface area (Å²) in [6.07, 6.45) is 4.00. The average Bonchev–Trinajstić information content (AvgIpc) is 3.06. The molecule has 0 saturated carbocycles. The van der Waals surface area contributed by atoms with E-state index in [1.165, 1.54) is 36.1 Å². The number of methoxy groups -OCH3 is 2. The highest BCUT2D eigenvalue weighted by Gasteiger charge is 2.55. The maximum atomic E-state index is 12.6. The predicted octanol–water partition coefficient (Wildman–Crippen LogP) is 4.40. The summed E-state index contributed by atoms with van der Waals surface area (Å²) in [6, 6.07) is 10.4. The molecule has 0 radical (unpaired) electrons. The van der Waals surface area contributed by atoms with Crippen molar-refractivity contribution in [1.29, 1.82) is 0 Å². The smallest absolute Gasteiger partial charge is 0.323 e. The van der Waals surface area contributed by atoms with E-state index in [4.69, 9.17) is 9.47 Å². The zero-order valence-electron chi connectivity index (χ0n) is 16.8. The van der Waals surface area contributed by atoms with Gasteiger partial charge in [0.2, 0.25) is 0 Å². The molecule has 0 fully saturated rings. The van der Waals surface area contributed by atoms with Crippen molar-refractivity contribution in [3.8, 4) is 0 Å². The number of esters is 2. The largest absolute Gasteiger partial charge is 0.468 e. The van der Waals surface area contributed by atoms with Gasteiger partial charge in [-0.25, -0.2) is 0 Å². The SMILES string of the molecule is COC(=O)C1(C(=O)OC)CC2=C(C1)C([Si](C)(C)C)=CC(c1ccccc1)C2. The van der Waals surface area contributed by atoms with Crippen molar-refractivity contribution in [2.75, 3.05) is 14.2 Å². The van der Waals surface area contributed by atoms with Crippen molar-refractivity contribution in [3.05, 3.63) is 58.3 Å². The lowest BCUT2D eigenvalue weighted by molar-refractivity contribution is -0.168. The zero-order chi connectivity index (χ0) is 19.8. The fourth-order valence-corrected chi connectivity index (χ4v) is 6.32. The van der Waals surface area contributed by atoms with E-state index in [0.29, 0.717) is 12.8 Å². The predicted molar refractivity (Wildman–Crippen MR) is 108 cm³/mol. The highest BCUT2D eigenvalue weighted by molar-refractivity contribution is 6.84. The molecule has 0 N–H and O–H groups in total. The van der Waals surface area contributed by atoms with Crippen LogP contribution in [-0.4, -0.2) is 34.2 Å². The van der Waals surface area contributed by atoms with Crippen molar-refractivity contribution < 1.29 is 19.1 Å². The van der Waals surface area contributed by atoms with E-state index in [1.807, 2.05) is 6.07 Å². The Balaban J connectivity index is 2.05. The van der Waals surface area contributed by atoms with Crippen molar-refractivity contribution in [1.82, 2.24) is 0 Å². The van der Waals surface area contributed by atoms with Crippen LogP contribution in [0.5, 0.6) is 0 Å². The molecular formula is C22H28O4Si. The van der Waals surface area contributed by atoms with Gasteiger partial charge in [-0.15, -0.1) is 0 Å². The second-order valence-electron chi connectivity index (χ2n) is 8.55. The molecule has 5 heteroatoms. The van der Waals surface area contributed by atoms with Crippen molar-refractivity contribution in [2.24, 2.45) is 5.41 Å². The van der Waals surface area contributed by atoms with Crippen LogP contribution in [-0.2, 0) is 19.1 Å². The van der Waals surface area contributed by atoms with Crippen LogP contribution in [0, 0.1) is 5.41 Å². The summed E-state index contributed by atoms with van der Waals surface area (Å²) in [5.41, 5.74) is 2.43.